The molecule has 0 radical (unpaired) electrons. The minimum absolute atomic E-state index is 0.00600. The zero-order chi connectivity index (χ0) is 13.7. The first-order chi connectivity index (χ1) is 9.24. The van der Waals surface area contributed by atoms with E-state index in [4.69, 9.17) is 14.2 Å². The first kappa shape index (κ1) is 13.5. The number of hydrogen-bond donors (Lipinski definition) is 1. The highest BCUT2D eigenvalue weighted by Crippen LogP contribution is 2.36. The van der Waals surface area contributed by atoms with Crippen LogP contribution in [0.1, 0.15) is 5.56 Å². The Morgan fingerprint density at radius 2 is 1.79 bits per heavy atom. The average molecular weight is 266 g/mol. The second-order valence-electron chi connectivity index (χ2n) is 4.08. The van der Waals surface area contributed by atoms with E-state index < -0.39 is 0 Å². The summed E-state index contributed by atoms with van der Waals surface area (Å²) >= 11 is 0. The molecule has 0 atom stereocenters. The van der Waals surface area contributed by atoms with Crippen molar-refractivity contribution in [3.05, 3.63) is 17.7 Å². The van der Waals surface area contributed by atoms with Gasteiger partial charge in [-0.3, -0.25) is 5.01 Å². The van der Waals surface area contributed by atoms with Gasteiger partial charge in [0.2, 0.25) is 5.75 Å². The van der Waals surface area contributed by atoms with Crippen LogP contribution in [0.25, 0.3) is 0 Å². The molecular weight excluding hydrogens is 248 g/mol. The van der Waals surface area contributed by atoms with Crippen LogP contribution in [-0.2, 0) is 4.74 Å². The van der Waals surface area contributed by atoms with Crippen LogP contribution in [0.2, 0.25) is 0 Å². The summed E-state index contributed by atoms with van der Waals surface area (Å²) in [5.41, 5.74) is 0.804. The van der Waals surface area contributed by atoms with Crippen LogP contribution in [0.4, 0.5) is 0 Å². The van der Waals surface area contributed by atoms with Gasteiger partial charge in [-0.25, -0.2) is 0 Å². The summed E-state index contributed by atoms with van der Waals surface area (Å²) < 4.78 is 15.4. The fourth-order valence-corrected chi connectivity index (χ4v) is 1.81. The Morgan fingerprint density at radius 1 is 1.21 bits per heavy atom. The number of hydrazone groups is 1. The van der Waals surface area contributed by atoms with Crippen LogP contribution in [0.15, 0.2) is 17.2 Å². The monoisotopic (exact) mass is 266 g/mol. The normalized spacial score (nSPS) is 15.8. The molecule has 0 bridgehead atoms. The van der Waals surface area contributed by atoms with Gasteiger partial charge in [0, 0.05) is 5.56 Å². The Kier molecular flexibility index (Phi) is 4.46. The first-order valence-corrected chi connectivity index (χ1v) is 6.06. The van der Waals surface area contributed by atoms with Crippen LogP contribution in [0.5, 0.6) is 17.2 Å². The van der Waals surface area contributed by atoms with Crippen molar-refractivity contribution in [2.45, 2.75) is 0 Å². The van der Waals surface area contributed by atoms with Crippen LogP contribution in [0, 0.1) is 0 Å². The summed E-state index contributed by atoms with van der Waals surface area (Å²) in [7, 11) is 2.99. The summed E-state index contributed by atoms with van der Waals surface area (Å²) in [5, 5.41) is 16.1. The highest BCUT2D eigenvalue weighted by molar-refractivity contribution is 5.82. The van der Waals surface area contributed by atoms with Gasteiger partial charge >= 0.3 is 0 Å². The Morgan fingerprint density at radius 3 is 2.32 bits per heavy atom. The molecule has 1 aromatic rings. The summed E-state index contributed by atoms with van der Waals surface area (Å²) in [6, 6.07) is 3.42. The maximum atomic E-state index is 9.81. The molecule has 1 saturated heterocycles. The SMILES string of the molecule is COc1cc(/C=N\N2CCOCC2)cc(OC)c1O. The van der Waals surface area contributed by atoms with Crippen LogP contribution >= 0.6 is 0 Å². The van der Waals surface area contributed by atoms with Crippen molar-refractivity contribution in [3.8, 4) is 17.2 Å². The Balaban J connectivity index is 2.17. The molecule has 1 N–H and O–H groups in total. The molecule has 0 amide bonds. The average Bonchev–Trinajstić information content (AvgIpc) is 2.47. The molecule has 0 aromatic heterocycles. The van der Waals surface area contributed by atoms with Crippen LogP contribution < -0.4 is 9.47 Å². The summed E-state index contributed by atoms with van der Waals surface area (Å²) in [5.74, 6) is 0.721. The standard InChI is InChI=1S/C13H18N2O4/c1-17-11-7-10(8-12(18-2)13(11)16)9-14-15-3-5-19-6-4-15/h7-9,16H,3-6H2,1-2H3/b14-9-. The highest BCUT2D eigenvalue weighted by atomic mass is 16.5. The summed E-state index contributed by atoms with van der Waals surface area (Å²) in [4.78, 5) is 0. The third-order valence-corrected chi connectivity index (χ3v) is 2.86. The predicted molar refractivity (Wildman–Crippen MR) is 71.2 cm³/mol. The predicted octanol–water partition coefficient (Wildman–Crippen LogP) is 1.08. The maximum absolute atomic E-state index is 9.81. The molecule has 1 aliphatic heterocycles. The lowest BCUT2D eigenvalue weighted by molar-refractivity contribution is 0.0397. The van der Waals surface area contributed by atoms with Gasteiger partial charge in [-0.15, -0.1) is 0 Å². The minimum atomic E-state index is -0.00600. The number of phenols is 1. The highest BCUT2D eigenvalue weighted by Gasteiger charge is 2.11. The van der Waals surface area contributed by atoms with E-state index in [2.05, 4.69) is 5.10 Å². The number of morpholine rings is 1. The van der Waals surface area contributed by atoms with E-state index in [0.29, 0.717) is 24.7 Å². The van der Waals surface area contributed by atoms with Crippen molar-refractivity contribution < 1.29 is 19.3 Å². The molecule has 0 aliphatic carbocycles. The van der Waals surface area contributed by atoms with Crippen LogP contribution in [0.3, 0.4) is 0 Å². The number of ether oxygens (including phenoxy) is 3. The number of nitrogens with zero attached hydrogens (tertiary/aromatic N) is 2. The van der Waals surface area contributed by atoms with E-state index in [9.17, 15) is 5.11 Å². The summed E-state index contributed by atoms with van der Waals surface area (Å²) in [6.45, 7) is 2.95. The molecule has 6 nitrogen and oxygen atoms in total. The van der Waals surface area contributed by atoms with Gasteiger partial charge in [0.15, 0.2) is 11.5 Å². The molecule has 1 aliphatic rings. The van der Waals surface area contributed by atoms with E-state index in [1.165, 1.54) is 14.2 Å². The lowest BCUT2D eigenvalue weighted by atomic mass is 10.2. The lowest BCUT2D eigenvalue weighted by Crippen LogP contribution is -2.32. The van der Waals surface area contributed by atoms with E-state index in [1.807, 2.05) is 5.01 Å². The minimum Gasteiger partial charge on any atom is -0.502 e. The fourth-order valence-electron chi connectivity index (χ4n) is 1.81. The Hall–Kier alpha value is -1.95. The Bertz CT molecular complexity index is 431. The molecule has 1 heterocycles. The molecule has 0 unspecified atom stereocenters. The van der Waals surface area contributed by atoms with Crippen molar-refractivity contribution in [2.24, 2.45) is 5.10 Å². The van der Waals surface area contributed by atoms with Crippen molar-refractivity contribution in [1.29, 1.82) is 0 Å². The van der Waals surface area contributed by atoms with Gasteiger partial charge in [-0.2, -0.15) is 5.10 Å². The third-order valence-electron chi connectivity index (χ3n) is 2.86. The van der Waals surface area contributed by atoms with Gasteiger partial charge in [0.25, 0.3) is 0 Å². The number of phenolic OH excluding ortho intramolecular Hbond substituents is 1. The molecule has 1 fully saturated rings. The van der Waals surface area contributed by atoms with Gasteiger partial charge in [0.05, 0.1) is 46.7 Å². The number of aromatic hydroxyl groups is 1. The van der Waals surface area contributed by atoms with Crippen molar-refractivity contribution in [1.82, 2.24) is 5.01 Å². The number of benzene rings is 1. The van der Waals surface area contributed by atoms with E-state index >= 15 is 0 Å². The van der Waals surface area contributed by atoms with E-state index in [-0.39, 0.29) is 5.75 Å². The van der Waals surface area contributed by atoms with Crippen LogP contribution in [-0.4, -0.2) is 56.9 Å². The number of hydrogen-bond acceptors (Lipinski definition) is 6. The van der Waals surface area contributed by atoms with E-state index in [1.54, 1.807) is 18.3 Å². The fraction of sp³-hybridized carbons (Fsp3) is 0.462. The molecular formula is C13H18N2O4. The molecule has 6 heteroatoms. The van der Waals surface area contributed by atoms with Gasteiger partial charge in [-0.1, -0.05) is 0 Å². The van der Waals surface area contributed by atoms with E-state index in [0.717, 1.165) is 18.7 Å². The zero-order valence-corrected chi connectivity index (χ0v) is 11.1. The van der Waals surface area contributed by atoms with Crippen molar-refractivity contribution in [3.63, 3.8) is 0 Å². The molecule has 19 heavy (non-hydrogen) atoms. The summed E-state index contributed by atoms with van der Waals surface area (Å²) in [6.07, 6.45) is 1.72. The second-order valence-corrected chi connectivity index (χ2v) is 4.08. The number of rotatable bonds is 4. The maximum Gasteiger partial charge on any atom is 0.200 e. The third kappa shape index (κ3) is 3.29. The molecule has 1 aromatic carbocycles. The second kappa shape index (κ2) is 6.29. The topological polar surface area (TPSA) is 63.5 Å². The number of methoxy groups -OCH3 is 2. The zero-order valence-electron chi connectivity index (χ0n) is 11.1. The van der Waals surface area contributed by atoms with Gasteiger partial charge in [0.1, 0.15) is 0 Å². The van der Waals surface area contributed by atoms with Crippen molar-refractivity contribution in [2.75, 3.05) is 40.5 Å². The van der Waals surface area contributed by atoms with Crippen molar-refractivity contribution >= 4 is 6.21 Å². The molecule has 0 spiro atoms. The molecule has 104 valence electrons. The Labute approximate surface area is 112 Å². The molecule has 2 rings (SSSR count). The lowest BCUT2D eigenvalue weighted by Gasteiger charge is -2.23. The molecule has 0 saturated carbocycles. The van der Waals surface area contributed by atoms with Gasteiger partial charge < -0.3 is 19.3 Å². The first-order valence-electron chi connectivity index (χ1n) is 6.06. The largest absolute Gasteiger partial charge is 0.502 e. The van der Waals surface area contributed by atoms with Gasteiger partial charge in [-0.05, 0) is 12.1 Å². The smallest absolute Gasteiger partial charge is 0.200 e. The quantitative estimate of drug-likeness (QED) is 0.826.